The fraction of sp³-hybridized carbons (Fsp3) is 0.0968. The molecule has 206 valence electrons. The number of carbonyl (C=O) groups excluding carboxylic acids is 1. The number of rotatable bonds is 9. The molecule has 0 aliphatic carbocycles. The van der Waals surface area contributed by atoms with Gasteiger partial charge in [0.25, 0.3) is 11.5 Å². The van der Waals surface area contributed by atoms with E-state index in [4.69, 9.17) is 26.1 Å². The highest BCUT2D eigenvalue weighted by atomic mass is 35.5. The number of halogens is 2. The van der Waals surface area contributed by atoms with E-state index in [-0.39, 0.29) is 22.9 Å². The number of hydrogen-bond acceptors (Lipinski definition) is 6. The molecule has 10 heteroatoms. The van der Waals surface area contributed by atoms with E-state index in [2.05, 4.69) is 10.4 Å². The van der Waals surface area contributed by atoms with Crippen molar-refractivity contribution < 1.29 is 18.7 Å². The van der Waals surface area contributed by atoms with Gasteiger partial charge in [0, 0.05) is 11.3 Å². The lowest BCUT2D eigenvalue weighted by Gasteiger charge is -2.14. The number of nitrogens with one attached hydrogen (secondary N) is 1. The predicted molar refractivity (Wildman–Crippen MR) is 158 cm³/mol. The van der Waals surface area contributed by atoms with Gasteiger partial charge >= 0.3 is 0 Å². The Balaban J connectivity index is 1.44. The summed E-state index contributed by atoms with van der Waals surface area (Å²) in [7, 11) is 0. The summed E-state index contributed by atoms with van der Waals surface area (Å²) in [6.07, 6.45) is 1.48. The minimum atomic E-state index is -0.461. The van der Waals surface area contributed by atoms with Crippen molar-refractivity contribution in [2.45, 2.75) is 6.92 Å². The molecule has 0 atom stereocenters. The van der Waals surface area contributed by atoms with Crippen molar-refractivity contribution in [1.82, 2.24) is 9.66 Å². The predicted octanol–water partition coefficient (Wildman–Crippen LogP) is 6.15. The largest absolute Gasteiger partial charge is 0.490 e. The summed E-state index contributed by atoms with van der Waals surface area (Å²) in [5.41, 5.74) is 1.92. The molecule has 1 N–H and O–H groups in total. The van der Waals surface area contributed by atoms with Crippen LogP contribution in [0, 0.1) is 5.82 Å². The molecule has 1 heterocycles. The summed E-state index contributed by atoms with van der Waals surface area (Å²) in [6, 6.07) is 25.0. The number of fused-ring (bicyclic) bond motifs is 1. The molecule has 0 aliphatic heterocycles. The molecule has 4 aromatic carbocycles. The molecule has 1 aromatic heterocycles. The number of nitrogens with zero attached hydrogens (tertiary/aromatic N) is 3. The van der Waals surface area contributed by atoms with Crippen LogP contribution < -0.4 is 20.3 Å². The van der Waals surface area contributed by atoms with Crippen molar-refractivity contribution in [3.05, 3.63) is 118 Å². The number of benzene rings is 4. The van der Waals surface area contributed by atoms with E-state index in [1.807, 2.05) is 36.4 Å². The third-order valence-corrected chi connectivity index (χ3v) is 6.20. The maximum Gasteiger partial charge on any atom is 0.282 e. The smallest absolute Gasteiger partial charge is 0.282 e. The molecule has 5 aromatic rings. The minimum Gasteiger partial charge on any atom is -0.490 e. The van der Waals surface area contributed by atoms with E-state index in [0.717, 1.165) is 5.56 Å². The Hall–Kier alpha value is -5.02. The van der Waals surface area contributed by atoms with Crippen LogP contribution >= 0.6 is 11.6 Å². The fourth-order valence-electron chi connectivity index (χ4n) is 4.06. The first-order valence-corrected chi connectivity index (χ1v) is 13.1. The Bertz CT molecular complexity index is 1790. The lowest BCUT2D eigenvalue weighted by Crippen LogP contribution is -2.20. The molecule has 8 nitrogen and oxygen atoms in total. The molecule has 0 unspecified atom stereocenters. The molecule has 0 saturated carbocycles. The van der Waals surface area contributed by atoms with Gasteiger partial charge in [-0.1, -0.05) is 54.1 Å². The number of ether oxygens (including phenoxy) is 2. The molecular formula is C31H24ClFN4O4. The Morgan fingerprint density at radius 1 is 1.02 bits per heavy atom. The molecule has 0 spiro atoms. The summed E-state index contributed by atoms with van der Waals surface area (Å²) < 4.78 is 25.8. The molecule has 0 fully saturated rings. The second-order valence-electron chi connectivity index (χ2n) is 8.79. The zero-order valence-electron chi connectivity index (χ0n) is 21.9. The highest BCUT2D eigenvalue weighted by Crippen LogP contribution is 2.36. The van der Waals surface area contributed by atoms with Crippen LogP contribution in [0.1, 0.15) is 12.5 Å². The van der Waals surface area contributed by atoms with Crippen LogP contribution in [0.5, 0.6) is 11.5 Å². The van der Waals surface area contributed by atoms with Gasteiger partial charge in [0.1, 0.15) is 5.82 Å². The number of anilines is 1. The van der Waals surface area contributed by atoms with E-state index in [0.29, 0.717) is 40.3 Å². The van der Waals surface area contributed by atoms with E-state index in [1.165, 1.54) is 35.2 Å². The second kappa shape index (κ2) is 12.4. The lowest BCUT2D eigenvalue weighted by molar-refractivity contribution is -0.118. The number of para-hydroxylation sites is 1. The SMILES string of the molecule is CCOc1cc(C=Nn2c(-c3ccccc3)nc3ccccc3c2=O)cc(Cl)c1OCC(=O)Nc1ccc(F)cc1. The third kappa shape index (κ3) is 6.42. The van der Waals surface area contributed by atoms with Gasteiger partial charge in [-0.05, 0) is 61.0 Å². The number of carbonyl (C=O) groups is 1. The standard InChI is InChI=1S/C31H24ClFN4O4/c1-2-40-27-17-20(16-25(32)29(27)41-19-28(38)35-23-14-12-22(33)13-15-23)18-34-37-30(21-8-4-3-5-9-21)36-26-11-7-6-10-24(26)31(37)39/h3-18H,2,19H2,1H3,(H,35,38). The van der Waals surface area contributed by atoms with E-state index < -0.39 is 11.7 Å². The van der Waals surface area contributed by atoms with Gasteiger partial charge in [-0.2, -0.15) is 9.78 Å². The second-order valence-corrected chi connectivity index (χ2v) is 9.19. The van der Waals surface area contributed by atoms with Gasteiger partial charge in [0.05, 0.1) is 28.7 Å². The van der Waals surface area contributed by atoms with E-state index in [1.54, 1.807) is 37.3 Å². The van der Waals surface area contributed by atoms with Crippen LogP contribution in [0.4, 0.5) is 10.1 Å². The van der Waals surface area contributed by atoms with Crippen LogP contribution in [-0.4, -0.2) is 35.0 Å². The fourth-order valence-corrected chi connectivity index (χ4v) is 4.34. The van der Waals surface area contributed by atoms with Crippen LogP contribution in [0.2, 0.25) is 5.02 Å². The molecule has 0 saturated heterocycles. The van der Waals surface area contributed by atoms with Crippen LogP contribution in [0.25, 0.3) is 22.3 Å². The molecule has 0 bridgehead atoms. The van der Waals surface area contributed by atoms with Crippen LogP contribution in [-0.2, 0) is 4.79 Å². The van der Waals surface area contributed by atoms with Gasteiger partial charge in [-0.3, -0.25) is 9.59 Å². The van der Waals surface area contributed by atoms with Crippen molar-refractivity contribution in [2.75, 3.05) is 18.5 Å². The molecular weight excluding hydrogens is 547 g/mol. The first-order chi connectivity index (χ1) is 19.9. The highest BCUT2D eigenvalue weighted by molar-refractivity contribution is 6.32. The Morgan fingerprint density at radius 2 is 1.76 bits per heavy atom. The summed E-state index contributed by atoms with van der Waals surface area (Å²) in [5, 5.41) is 7.71. The third-order valence-electron chi connectivity index (χ3n) is 5.92. The molecule has 41 heavy (non-hydrogen) atoms. The van der Waals surface area contributed by atoms with Crippen molar-refractivity contribution in [1.29, 1.82) is 0 Å². The Morgan fingerprint density at radius 3 is 2.51 bits per heavy atom. The van der Waals surface area contributed by atoms with Crippen molar-refractivity contribution in [3.8, 4) is 22.9 Å². The zero-order chi connectivity index (χ0) is 28.8. The Labute approximate surface area is 239 Å². The number of amides is 1. The Kier molecular flexibility index (Phi) is 8.36. The molecule has 1 amide bonds. The van der Waals surface area contributed by atoms with Crippen molar-refractivity contribution in [3.63, 3.8) is 0 Å². The summed E-state index contributed by atoms with van der Waals surface area (Å²) in [5.74, 6) is -0.0158. The van der Waals surface area contributed by atoms with Crippen LogP contribution in [0.3, 0.4) is 0 Å². The van der Waals surface area contributed by atoms with Crippen molar-refractivity contribution >= 4 is 40.3 Å². The topological polar surface area (TPSA) is 94.8 Å². The average Bonchev–Trinajstić information content (AvgIpc) is 2.98. The van der Waals surface area contributed by atoms with E-state index >= 15 is 0 Å². The van der Waals surface area contributed by atoms with E-state index in [9.17, 15) is 14.0 Å². The molecule has 0 aliphatic rings. The summed E-state index contributed by atoms with van der Waals surface area (Å²) in [4.78, 5) is 30.5. The number of hydrogen-bond donors (Lipinski definition) is 1. The summed E-state index contributed by atoms with van der Waals surface area (Å²) >= 11 is 6.53. The van der Waals surface area contributed by atoms with Crippen molar-refractivity contribution in [2.24, 2.45) is 5.10 Å². The molecule has 5 rings (SSSR count). The first-order valence-electron chi connectivity index (χ1n) is 12.7. The normalized spacial score (nSPS) is 11.1. The quantitative estimate of drug-likeness (QED) is 0.214. The zero-order valence-corrected chi connectivity index (χ0v) is 22.6. The molecule has 0 radical (unpaired) electrons. The monoisotopic (exact) mass is 570 g/mol. The van der Waals surface area contributed by atoms with Gasteiger partial charge < -0.3 is 14.8 Å². The van der Waals surface area contributed by atoms with Crippen LogP contribution in [0.15, 0.2) is 101 Å². The highest BCUT2D eigenvalue weighted by Gasteiger charge is 2.16. The lowest BCUT2D eigenvalue weighted by atomic mass is 10.2. The maximum atomic E-state index is 13.4. The average molecular weight is 571 g/mol. The van der Waals surface area contributed by atoms with Gasteiger partial charge in [-0.25, -0.2) is 9.37 Å². The van der Waals surface area contributed by atoms with Gasteiger partial charge in [0.15, 0.2) is 23.9 Å². The summed E-state index contributed by atoms with van der Waals surface area (Å²) in [6.45, 7) is 1.75. The minimum absolute atomic E-state index is 0.175. The first kappa shape index (κ1) is 27.5. The maximum absolute atomic E-state index is 13.4. The van der Waals surface area contributed by atoms with Gasteiger partial charge in [-0.15, -0.1) is 0 Å². The van der Waals surface area contributed by atoms with Gasteiger partial charge in [0.2, 0.25) is 0 Å². The number of aromatic nitrogens is 2.